The topological polar surface area (TPSA) is 140 Å². The molecule has 3 aromatic rings. The van der Waals surface area contributed by atoms with Gasteiger partial charge in [-0.25, -0.2) is 15.0 Å². The van der Waals surface area contributed by atoms with Crippen LogP contribution in [0.4, 0.5) is 5.95 Å². The monoisotopic (exact) mass is 481 g/mol. The molecule has 0 aromatic carbocycles. The van der Waals surface area contributed by atoms with E-state index in [0.29, 0.717) is 34.2 Å². The van der Waals surface area contributed by atoms with E-state index in [0.717, 1.165) is 0 Å². The molecule has 2 atom stereocenters. The van der Waals surface area contributed by atoms with Crippen molar-refractivity contribution in [3.8, 4) is 17.4 Å². The fraction of sp³-hybridized carbons (Fsp3) is 0.421. The van der Waals surface area contributed by atoms with Gasteiger partial charge < -0.3 is 19.7 Å². The number of anilines is 1. The average Bonchev–Trinajstić information content (AvgIpc) is 3.24. The SMILES string of the molecule is COc1cccc(-c2nnc(NSC(C)[C@H](OC)c3ncc(Cl)cn3)n2C(CO)CO)n1. The van der Waals surface area contributed by atoms with E-state index >= 15 is 0 Å². The molecule has 3 heterocycles. The second kappa shape index (κ2) is 11.4. The van der Waals surface area contributed by atoms with Gasteiger partial charge in [0.25, 0.3) is 0 Å². The summed E-state index contributed by atoms with van der Waals surface area (Å²) in [6.45, 7) is 1.30. The van der Waals surface area contributed by atoms with Gasteiger partial charge in [-0.15, -0.1) is 10.2 Å². The van der Waals surface area contributed by atoms with Crippen molar-refractivity contribution >= 4 is 29.5 Å². The summed E-state index contributed by atoms with van der Waals surface area (Å²) in [5.41, 5.74) is 0.485. The smallest absolute Gasteiger partial charge is 0.235 e. The second-order valence-electron chi connectivity index (χ2n) is 6.64. The van der Waals surface area contributed by atoms with E-state index in [9.17, 15) is 10.2 Å². The molecule has 13 heteroatoms. The van der Waals surface area contributed by atoms with Gasteiger partial charge in [0, 0.05) is 25.6 Å². The van der Waals surface area contributed by atoms with Gasteiger partial charge in [0.2, 0.25) is 11.8 Å². The number of aromatic nitrogens is 6. The van der Waals surface area contributed by atoms with Gasteiger partial charge in [-0.05, 0) is 24.9 Å². The minimum Gasteiger partial charge on any atom is -0.481 e. The summed E-state index contributed by atoms with van der Waals surface area (Å²) < 4.78 is 15.5. The summed E-state index contributed by atoms with van der Waals surface area (Å²) in [5.74, 6) is 1.61. The molecule has 0 aliphatic carbocycles. The maximum absolute atomic E-state index is 9.81. The Labute approximate surface area is 194 Å². The molecule has 0 saturated carbocycles. The first kappa shape index (κ1) is 24.1. The Morgan fingerprint density at radius 1 is 1.16 bits per heavy atom. The third kappa shape index (κ3) is 5.45. The van der Waals surface area contributed by atoms with Crippen LogP contribution in [-0.2, 0) is 4.74 Å². The maximum atomic E-state index is 9.81. The zero-order valence-corrected chi connectivity index (χ0v) is 19.3. The summed E-state index contributed by atoms with van der Waals surface area (Å²) >= 11 is 7.18. The molecule has 11 nitrogen and oxygen atoms in total. The van der Waals surface area contributed by atoms with Crippen LogP contribution in [0.5, 0.6) is 5.88 Å². The van der Waals surface area contributed by atoms with Gasteiger partial charge in [0.1, 0.15) is 11.8 Å². The molecule has 3 aromatic heterocycles. The Morgan fingerprint density at radius 2 is 1.88 bits per heavy atom. The van der Waals surface area contributed by atoms with Crippen LogP contribution < -0.4 is 9.46 Å². The lowest BCUT2D eigenvalue weighted by atomic mass is 10.2. The van der Waals surface area contributed by atoms with Crippen molar-refractivity contribution in [2.45, 2.75) is 24.3 Å². The lowest BCUT2D eigenvalue weighted by Crippen LogP contribution is -2.22. The number of ether oxygens (including phenoxy) is 2. The number of methoxy groups -OCH3 is 2. The van der Waals surface area contributed by atoms with E-state index in [-0.39, 0.29) is 18.5 Å². The van der Waals surface area contributed by atoms with Gasteiger partial charge in [0.15, 0.2) is 11.6 Å². The van der Waals surface area contributed by atoms with Crippen molar-refractivity contribution in [2.75, 3.05) is 32.2 Å². The molecular formula is C19H24ClN7O4S. The minimum atomic E-state index is -0.677. The van der Waals surface area contributed by atoms with E-state index < -0.39 is 12.1 Å². The standard InChI is InChI=1S/C19H24ClN7O4S/c1-11(16(31-3)17-21-7-12(20)8-22-17)32-26-19-25-24-18(27(19)13(9-28)10-29)14-5-4-6-15(23-14)30-2/h4-8,11,13,16,28-29H,9-10H2,1-3H3,(H,25,26)/t11?,16-/m0/s1. The summed E-state index contributed by atoms with van der Waals surface area (Å²) in [4.78, 5) is 12.8. The van der Waals surface area contributed by atoms with Gasteiger partial charge in [-0.2, -0.15) is 0 Å². The van der Waals surface area contributed by atoms with Crippen molar-refractivity contribution in [1.29, 1.82) is 0 Å². The van der Waals surface area contributed by atoms with E-state index in [1.54, 1.807) is 29.9 Å². The van der Waals surface area contributed by atoms with E-state index in [4.69, 9.17) is 21.1 Å². The largest absolute Gasteiger partial charge is 0.481 e. The molecule has 0 bridgehead atoms. The molecule has 0 fully saturated rings. The predicted octanol–water partition coefficient (Wildman–Crippen LogP) is 2.15. The first-order chi connectivity index (χ1) is 15.5. The fourth-order valence-corrected chi connectivity index (χ4v) is 3.82. The van der Waals surface area contributed by atoms with Crippen LogP contribution in [0.15, 0.2) is 30.6 Å². The van der Waals surface area contributed by atoms with Gasteiger partial charge in [0.05, 0.1) is 36.6 Å². The number of aliphatic hydroxyl groups is 2. The molecule has 0 radical (unpaired) electrons. The molecule has 32 heavy (non-hydrogen) atoms. The predicted molar refractivity (Wildman–Crippen MR) is 120 cm³/mol. The van der Waals surface area contributed by atoms with Crippen LogP contribution >= 0.6 is 23.5 Å². The highest BCUT2D eigenvalue weighted by atomic mass is 35.5. The quantitative estimate of drug-likeness (QED) is 0.347. The Morgan fingerprint density at radius 3 is 2.50 bits per heavy atom. The third-order valence-corrected chi connectivity index (χ3v) is 5.67. The van der Waals surface area contributed by atoms with Crippen LogP contribution in [0.25, 0.3) is 11.5 Å². The minimum absolute atomic E-state index is 0.147. The van der Waals surface area contributed by atoms with Crippen LogP contribution in [0, 0.1) is 0 Å². The van der Waals surface area contributed by atoms with E-state index in [1.165, 1.54) is 31.5 Å². The molecule has 0 aliphatic rings. The molecule has 0 amide bonds. The number of halogens is 1. The number of hydrogen-bond acceptors (Lipinski definition) is 11. The number of nitrogens with one attached hydrogen (secondary N) is 1. The van der Waals surface area contributed by atoms with Crippen molar-refractivity contribution < 1.29 is 19.7 Å². The average molecular weight is 482 g/mol. The number of pyridine rings is 1. The molecule has 0 aliphatic heterocycles. The Kier molecular flexibility index (Phi) is 8.59. The van der Waals surface area contributed by atoms with Crippen molar-refractivity contribution in [3.63, 3.8) is 0 Å². The van der Waals surface area contributed by atoms with Gasteiger partial charge in [-0.3, -0.25) is 9.29 Å². The molecule has 0 spiro atoms. The highest BCUT2D eigenvalue weighted by Gasteiger charge is 2.26. The zero-order chi connectivity index (χ0) is 23.1. The summed E-state index contributed by atoms with van der Waals surface area (Å²) in [6, 6.07) is 4.55. The second-order valence-corrected chi connectivity index (χ2v) is 8.26. The maximum Gasteiger partial charge on any atom is 0.235 e. The summed E-state index contributed by atoms with van der Waals surface area (Å²) in [5, 5.41) is 28.3. The van der Waals surface area contributed by atoms with Crippen LogP contribution in [0.1, 0.15) is 24.9 Å². The normalized spacial score (nSPS) is 13.2. The molecule has 3 rings (SSSR count). The lowest BCUT2D eigenvalue weighted by Gasteiger charge is -2.22. The van der Waals surface area contributed by atoms with E-state index in [2.05, 4.69) is 29.9 Å². The Balaban J connectivity index is 1.85. The Bertz CT molecular complexity index is 1000. The summed E-state index contributed by atoms with van der Waals surface area (Å²) in [7, 11) is 3.09. The van der Waals surface area contributed by atoms with Crippen molar-refractivity contribution in [1.82, 2.24) is 29.7 Å². The third-order valence-electron chi connectivity index (χ3n) is 4.56. The fourth-order valence-electron chi connectivity index (χ4n) is 2.94. The molecule has 172 valence electrons. The van der Waals surface area contributed by atoms with Crippen molar-refractivity contribution in [2.24, 2.45) is 0 Å². The highest BCUT2D eigenvalue weighted by molar-refractivity contribution is 8.01. The number of nitrogens with zero attached hydrogens (tertiary/aromatic N) is 6. The molecule has 0 saturated heterocycles. The van der Waals surface area contributed by atoms with Crippen LogP contribution in [0.2, 0.25) is 5.02 Å². The highest BCUT2D eigenvalue weighted by Crippen LogP contribution is 2.31. The lowest BCUT2D eigenvalue weighted by molar-refractivity contribution is 0.0972. The number of rotatable bonds is 11. The first-order valence-electron chi connectivity index (χ1n) is 9.62. The Hall–Kier alpha value is -2.51. The zero-order valence-electron chi connectivity index (χ0n) is 17.7. The summed E-state index contributed by atoms with van der Waals surface area (Å²) in [6.07, 6.45) is 2.60. The van der Waals surface area contributed by atoms with E-state index in [1.807, 2.05) is 6.92 Å². The van der Waals surface area contributed by atoms with Crippen LogP contribution in [-0.4, -0.2) is 72.6 Å². The molecule has 1 unspecified atom stereocenters. The first-order valence-corrected chi connectivity index (χ1v) is 10.9. The van der Waals surface area contributed by atoms with Crippen LogP contribution in [0.3, 0.4) is 0 Å². The molecule has 3 N–H and O–H groups in total. The van der Waals surface area contributed by atoms with Gasteiger partial charge in [-0.1, -0.05) is 17.7 Å². The number of hydrogen-bond donors (Lipinski definition) is 3. The number of aliphatic hydroxyl groups excluding tert-OH is 2. The van der Waals surface area contributed by atoms with Crippen molar-refractivity contribution in [3.05, 3.63) is 41.4 Å². The molecular weight excluding hydrogens is 458 g/mol. The van der Waals surface area contributed by atoms with Gasteiger partial charge >= 0.3 is 0 Å².